The van der Waals surface area contributed by atoms with E-state index in [4.69, 9.17) is 4.42 Å². The molecule has 2 heteroatoms. The third kappa shape index (κ3) is 1.58. The number of hydrogen-bond donors (Lipinski definition) is 0. The highest BCUT2D eigenvalue weighted by Crippen LogP contribution is 2.19. The van der Waals surface area contributed by atoms with Crippen LogP contribution in [0.4, 0.5) is 0 Å². The van der Waals surface area contributed by atoms with Crippen molar-refractivity contribution in [3.05, 3.63) is 66.1 Å². The van der Waals surface area contributed by atoms with Gasteiger partial charge in [0.15, 0.2) is 12.0 Å². The number of para-hydroxylation sites is 1. The molecule has 0 saturated heterocycles. The van der Waals surface area contributed by atoms with Gasteiger partial charge in [0, 0.05) is 0 Å². The normalized spacial score (nSPS) is 10.8. The largest absolute Gasteiger partial charge is 0.443 e. The van der Waals surface area contributed by atoms with Gasteiger partial charge in [-0.05, 0) is 23.6 Å². The molecule has 0 radical (unpaired) electrons. The van der Waals surface area contributed by atoms with Crippen molar-refractivity contribution in [2.45, 2.75) is 6.42 Å². The van der Waals surface area contributed by atoms with E-state index in [9.17, 15) is 0 Å². The van der Waals surface area contributed by atoms with E-state index in [0.29, 0.717) is 0 Å². The Morgan fingerprint density at radius 1 is 0.938 bits per heavy atom. The van der Waals surface area contributed by atoms with E-state index in [0.717, 1.165) is 17.5 Å². The molecule has 16 heavy (non-hydrogen) atoms. The molecule has 0 fully saturated rings. The van der Waals surface area contributed by atoms with Crippen LogP contribution in [0.1, 0.15) is 11.1 Å². The Morgan fingerprint density at radius 2 is 1.81 bits per heavy atom. The fourth-order valence-electron chi connectivity index (χ4n) is 1.90. The molecule has 78 valence electrons. The Morgan fingerprint density at radius 3 is 2.69 bits per heavy atom. The average molecular weight is 209 g/mol. The summed E-state index contributed by atoms with van der Waals surface area (Å²) in [4.78, 5) is 4.25. The van der Waals surface area contributed by atoms with Crippen LogP contribution in [0, 0.1) is 0 Å². The number of benzene rings is 2. The lowest BCUT2D eigenvalue weighted by Crippen LogP contribution is -1.88. The third-order valence-electron chi connectivity index (χ3n) is 2.68. The zero-order chi connectivity index (χ0) is 10.8. The number of oxazole rings is 1. The van der Waals surface area contributed by atoms with Gasteiger partial charge in [-0.3, -0.25) is 0 Å². The van der Waals surface area contributed by atoms with Crippen LogP contribution in [-0.4, -0.2) is 4.98 Å². The van der Waals surface area contributed by atoms with Crippen molar-refractivity contribution in [2.24, 2.45) is 0 Å². The summed E-state index contributed by atoms with van der Waals surface area (Å²) < 4.78 is 5.29. The van der Waals surface area contributed by atoms with Crippen LogP contribution >= 0.6 is 0 Å². The summed E-state index contributed by atoms with van der Waals surface area (Å²) in [5.74, 6) is 0. The topological polar surface area (TPSA) is 26.0 Å². The van der Waals surface area contributed by atoms with Crippen LogP contribution in [0.2, 0.25) is 0 Å². The lowest BCUT2D eigenvalue weighted by atomic mass is 10.0. The van der Waals surface area contributed by atoms with Gasteiger partial charge in [-0.25, -0.2) is 4.98 Å². The first-order chi connectivity index (χ1) is 7.93. The minimum absolute atomic E-state index is 0.855. The van der Waals surface area contributed by atoms with Crippen molar-refractivity contribution < 1.29 is 4.42 Å². The fourth-order valence-corrected chi connectivity index (χ4v) is 1.90. The second-order valence-corrected chi connectivity index (χ2v) is 3.78. The zero-order valence-corrected chi connectivity index (χ0v) is 8.76. The second-order valence-electron chi connectivity index (χ2n) is 3.78. The predicted octanol–water partition coefficient (Wildman–Crippen LogP) is 3.42. The molecule has 3 aromatic rings. The zero-order valence-electron chi connectivity index (χ0n) is 8.76. The quantitative estimate of drug-likeness (QED) is 0.646. The van der Waals surface area contributed by atoms with Crippen molar-refractivity contribution in [1.82, 2.24) is 4.98 Å². The van der Waals surface area contributed by atoms with Gasteiger partial charge in [0.05, 0.1) is 0 Å². The van der Waals surface area contributed by atoms with Crippen molar-refractivity contribution >= 4 is 11.1 Å². The van der Waals surface area contributed by atoms with E-state index >= 15 is 0 Å². The van der Waals surface area contributed by atoms with Crippen molar-refractivity contribution in [3.63, 3.8) is 0 Å². The average Bonchev–Trinajstić information content (AvgIpc) is 2.80. The summed E-state index contributed by atoms with van der Waals surface area (Å²) in [7, 11) is 0. The minimum Gasteiger partial charge on any atom is -0.443 e. The van der Waals surface area contributed by atoms with Gasteiger partial charge in [0.2, 0.25) is 0 Å². The first kappa shape index (κ1) is 9.16. The predicted molar refractivity (Wildman–Crippen MR) is 63.3 cm³/mol. The molecule has 1 heterocycles. The smallest absolute Gasteiger partial charge is 0.181 e. The van der Waals surface area contributed by atoms with Crippen molar-refractivity contribution in [1.29, 1.82) is 0 Å². The van der Waals surface area contributed by atoms with Gasteiger partial charge in [0.25, 0.3) is 0 Å². The van der Waals surface area contributed by atoms with E-state index < -0.39 is 0 Å². The number of aromatic nitrogens is 1. The highest BCUT2D eigenvalue weighted by Gasteiger charge is 2.04. The van der Waals surface area contributed by atoms with Gasteiger partial charge >= 0.3 is 0 Å². The lowest BCUT2D eigenvalue weighted by Gasteiger charge is -2.01. The molecule has 3 rings (SSSR count). The molecule has 0 N–H and O–H groups in total. The van der Waals surface area contributed by atoms with E-state index in [1.54, 1.807) is 0 Å². The Hall–Kier alpha value is -2.09. The van der Waals surface area contributed by atoms with Crippen LogP contribution in [0.3, 0.4) is 0 Å². The summed E-state index contributed by atoms with van der Waals surface area (Å²) in [6.07, 6.45) is 2.39. The molecule has 0 unspecified atom stereocenters. The molecule has 0 saturated carbocycles. The van der Waals surface area contributed by atoms with Crippen LogP contribution < -0.4 is 0 Å². The number of rotatable bonds is 2. The SMILES string of the molecule is c1ccc(Cc2cccc3ocnc23)cc1. The van der Waals surface area contributed by atoms with Crippen LogP contribution in [0.5, 0.6) is 0 Å². The molecule has 1 aromatic heterocycles. The van der Waals surface area contributed by atoms with Gasteiger partial charge in [-0.1, -0.05) is 42.5 Å². The van der Waals surface area contributed by atoms with E-state index in [1.807, 2.05) is 18.2 Å². The first-order valence-electron chi connectivity index (χ1n) is 5.28. The van der Waals surface area contributed by atoms with Crippen LogP contribution in [0.25, 0.3) is 11.1 Å². The standard InChI is InChI=1S/C14H11NO/c1-2-5-11(6-3-1)9-12-7-4-8-13-14(12)15-10-16-13/h1-8,10H,9H2. The highest BCUT2D eigenvalue weighted by molar-refractivity contribution is 5.76. The summed E-state index contributed by atoms with van der Waals surface area (Å²) in [5, 5.41) is 0. The molecular weight excluding hydrogens is 198 g/mol. The van der Waals surface area contributed by atoms with E-state index in [2.05, 4.69) is 35.3 Å². The van der Waals surface area contributed by atoms with Gasteiger partial charge < -0.3 is 4.42 Å². The maximum Gasteiger partial charge on any atom is 0.181 e. The molecule has 2 nitrogen and oxygen atoms in total. The Labute approximate surface area is 93.5 Å². The Bertz CT molecular complexity index is 598. The van der Waals surface area contributed by atoms with E-state index in [1.165, 1.54) is 17.5 Å². The van der Waals surface area contributed by atoms with Gasteiger partial charge in [-0.15, -0.1) is 0 Å². The van der Waals surface area contributed by atoms with Crippen molar-refractivity contribution in [3.8, 4) is 0 Å². The molecule has 0 atom stereocenters. The maximum absolute atomic E-state index is 5.29. The monoisotopic (exact) mass is 209 g/mol. The molecule has 0 aliphatic carbocycles. The lowest BCUT2D eigenvalue weighted by molar-refractivity contribution is 0.602. The second kappa shape index (κ2) is 3.81. The van der Waals surface area contributed by atoms with E-state index in [-0.39, 0.29) is 0 Å². The molecule has 0 aliphatic rings. The van der Waals surface area contributed by atoms with Crippen molar-refractivity contribution in [2.75, 3.05) is 0 Å². The minimum atomic E-state index is 0.855. The Kier molecular flexibility index (Phi) is 2.18. The van der Waals surface area contributed by atoms with Gasteiger partial charge in [-0.2, -0.15) is 0 Å². The molecule has 0 aliphatic heterocycles. The fraction of sp³-hybridized carbons (Fsp3) is 0.0714. The van der Waals surface area contributed by atoms with Crippen LogP contribution in [0.15, 0.2) is 59.3 Å². The maximum atomic E-state index is 5.29. The number of nitrogens with zero attached hydrogens (tertiary/aromatic N) is 1. The summed E-state index contributed by atoms with van der Waals surface area (Å²) >= 11 is 0. The van der Waals surface area contributed by atoms with Gasteiger partial charge in [0.1, 0.15) is 5.52 Å². The summed E-state index contributed by atoms with van der Waals surface area (Å²) in [5.41, 5.74) is 4.32. The summed E-state index contributed by atoms with van der Waals surface area (Å²) in [6.45, 7) is 0. The summed E-state index contributed by atoms with van der Waals surface area (Å²) in [6, 6.07) is 16.4. The number of fused-ring (bicyclic) bond motifs is 1. The molecule has 0 spiro atoms. The Balaban J connectivity index is 2.04. The highest BCUT2D eigenvalue weighted by atomic mass is 16.3. The molecule has 2 aromatic carbocycles. The molecular formula is C14H11NO. The third-order valence-corrected chi connectivity index (χ3v) is 2.68. The first-order valence-corrected chi connectivity index (χ1v) is 5.28. The molecule has 0 bridgehead atoms. The number of hydrogen-bond acceptors (Lipinski definition) is 2. The van der Waals surface area contributed by atoms with Crippen LogP contribution in [-0.2, 0) is 6.42 Å². The molecule has 0 amide bonds.